The van der Waals surface area contributed by atoms with E-state index in [1.54, 1.807) is 0 Å². The number of hydroxylamine groups is 2. The van der Waals surface area contributed by atoms with Gasteiger partial charge in [0.05, 0.1) is 24.9 Å². The molecule has 11 rings (SSSR count). The smallest absolute Gasteiger partial charge is 0.342 e. The molecule has 2 aromatic carbocycles. The number of nitrogens with one attached hydrogen (secondary N) is 1. The number of hydrogen-bond donors (Lipinski definition) is 3. The van der Waals surface area contributed by atoms with E-state index < -0.39 is 71.7 Å². The molecule has 7 aliphatic heterocycles. The molecule has 2 amide bonds. The van der Waals surface area contributed by atoms with Crippen molar-refractivity contribution in [1.29, 1.82) is 0 Å². The largest absolute Gasteiger partial charge is 0.467 e. The summed E-state index contributed by atoms with van der Waals surface area (Å²) in [6, 6.07) is 15.3. The molecular formula is C57H77N5O9Si. The number of rotatable bonds is 12. The Morgan fingerprint density at radius 3 is 2.43 bits per heavy atom. The highest BCUT2D eigenvalue weighted by atomic mass is 28.4. The highest BCUT2D eigenvalue weighted by molar-refractivity contribution is 6.74. The Morgan fingerprint density at radius 2 is 1.69 bits per heavy atom. The third-order valence-corrected chi connectivity index (χ3v) is 24.3. The molecule has 72 heavy (non-hydrogen) atoms. The Hall–Kier alpha value is -4.38. The summed E-state index contributed by atoms with van der Waals surface area (Å²) in [6.45, 7) is 13.1. The first-order valence-corrected chi connectivity index (χ1v) is 29.9. The Balaban J connectivity index is 1.01. The highest BCUT2D eigenvalue weighted by Gasteiger charge is 2.80. The number of hydrogen-bond acceptors (Lipinski definition) is 12. The number of carbonyl (C=O) groups excluding carboxylic acids is 4. The van der Waals surface area contributed by atoms with Gasteiger partial charge in [0.15, 0.2) is 8.32 Å². The maximum atomic E-state index is 15.2. The van der Waals surface area contributed by atoms with Gasteiger partial charge < -0.3 is 34.1 Å². The maximum absolute atomic E-state index is 15.2. The van der Waals surface area contributed by atoms with Gasteiger partial charge in [-0.25, -0.2) is 9.59 Å². The number of anilines is 1. The average Bonchev–Trinajstić information content (AvgIpc) is 4.11. The molecule has 14 nitrogen and oxygen atoms in total. The van der Waals surface area contributed by atoms with Crippen LogP contribution in [0.1, 0.15) is 132 Å². The number of aryl methyl sites for hydroxylation is 1. The molecule has 5 fully saturated rings. The van der Waals surface area contributed by atoms with Crippen LogP contribution in [0.4, 0.5) is 5.69 Å². The van der Waals surface area contributed by atoms with Crippen LogP contribution in [0.5, 0.6) is 0 Å². The van der Waals surface area contributed by atoms with Crippen molar-refractivity contribution in [3.63, 3.8) is 0 Å². The lowest BCUT2D eigenvalue weighted by molar-refractivity contribution is -0.214. The van der Waals surface area contributed by atoms with Crippen molar-refractivity contribution in [3.8, 4) is 0 Å². The van der Waals surface area contributed by atoms with Crippen molar-refractivity contribution < 1.29 is 43.4 Å². The second-order valence-electron chi connectivity index (χ2n) is 23.8. The van der Waals surface area contributed by atoms with Gasteiger partial charge in [0, 0.05) is 97.1 Å². The number of unbranched alkanes of at least 4 members (excludes halogenated alkanes) is 1. The summed E-state index contributed by atoms with van der Waals surface area (Å²) in [5.41, 5.74) is 3.62. The van der Waals surface area contributed by atoms with E-state index in [1.165, 1.54) is 34.9 Å². The molecule has 8 heterocycles. The summed E-state index contributed by atoms with van der Waals surface area (Å²) >= 11 is 0. The van der Waals surface area contributed by atoms with Gasteiger partial charge in [-0.2, -0.15) is 0 Å². The standard InChI is InChI=1S/C57H77N5O9Si/c1-7-54(67)34-38-33-53(4,48-40(22-26-60(35-38)36-54)39-17-10-11-18-43(39)58-48)41-32-42-44(31-37(41)3)59(5)50-56(42)24-27-61-25-16-23-55(8-2,49(56)61)51(57(50,68)52(66)69-6)71-72(28-13-9-14-29-72)30-15-12-19-47(65)70-62-45(63)20-21-46(62)64/h10-11,16-18,23,31-32,38,49-51,58,67-68H,7-9,12-15,19-22,24-30,33-36H2,1-6H3/t38?,49-,50+,51+,53+,54-,55+,56+,57-/m0/s1. The number of ether oxygens (including phenoxy) is 1. The number of H-pyrrole nitrogens is 1. The van der Waals surface area contributed by atoms with E-state index in [0.717, 1.165) is 106 Å². The number of imide groups is 1. The topological polar surface area (TPSA) is 165 Å². The van der Waals surface area contributed by atoms with Crippen LogP contribution in [-0.2, 0) is 50.4 Å². The summed E-state index contributed by atoms with van der Waals surface area (Å²) in [6.07, 6.45) is 12.6. The zero-order chi connectivity index (χ0) is 50.6. The number of fused-ring (bicyclic) bond motifs is 6. The molecule has 3 N–H and O–H groups in total. The molecule has 8 aliphatic rings. The Kier molecular flexibility index (Phi) is 12.6. The Bertz CT molecular complexity index is 2690. The molecular weight excluding hydrogens is 927 g/mol. The van der Waals surface area contributed by atoms with Gasteiger partial charge in [0.2, 0.25) is 5.60 Å². The number of aromatic nitrogens is 1. The zero-order valence-corrected chi connectivity index (χ0v) is 44.5. The third-order valence-electron chi connectivity index (χ3n) is 19.8. The van der Waals surface area contributed by atoms with Crippen molar-refractivity contribution in [2.75, 3.05) is 51.8 Å². The lowest BCUT2D eigenvalue weighted by atomic mass is 9.47. The van der Waals surface area contributed by atoms with Gasteiger partial charge in [0.25, 0.3) is 11.8 Å². The monoisotopic (exact) mass is 1000 g/mol. The fourth-order valence-electron chi connectivity index (χ4n) is 16.7. The number of amides is 2. The molecule has 388 valence electrons. The van der Waals surface area contributed by atoms with E-state index in [9.17, 15) is 24.6 Å². The van der Waals surface area contributed by atoms with Crippen molar-refractivity contribution in [1.82, 2.24) is 19.8 Å². The van der Waals surface area contributed by atoms with Crippen LogP contribution >= 0.6 is 0 Å². The molecule has 3 aromatic rings. The molecule has 10 atom stereocenters. The highest BCUT2D eigenvalue weighted by Crippen LogP contribution is 2.68. The Morgan fingerprint density at radius 1 is 0.931 bits per heavy atom. The number of esters is 1. The van der Waals surface area contributed by atoms with Crippen LogP contribution in [0.25, 0.3) is 10.9 Å². The van der Waals surface area contributed by atoms with E-state index in [1.807, 2.05) is 0 Å². The first-order chi connectivity index (χ1) is 34.5. The lowest BCUT2D eigenvalue weighted by Crippen LogP contribution is -2.82. The summed E-state index contributed by atoms with van der Waals surface area (Å²) in [5.74, 6) is -2.00. The minimum absolute atomic E-state index is 0.0471. The predicted molar refractivity (Wildman–Crippen MR) is 277 cm³/mol. The zero-order valence-electron chi connectivity index (χ0n) is 43.5. The number of aromatic amines is 1. The average molecular weight is 1000 g/mol. The van der Waals surface area contributed by atoms with E-state index in [-0.39, 0.29) is 31.2 Å². The van der Waals surface area contributed by atoms with Crippen molar-refractivity contribution in [2.24, 2.45) is 11.3 Å². The van der Waals surface area contributed by atoms with Gasteiger partial charge >= 0.3 is 11.9 Å². The van der Waals surface area contributed by atoms with Crippen molar-refractivity contribution in [2.45, 2.75) is 176 Å². The van der Waals surface area contributed by atoms with E-state index >= 15 is 4.79 Å². The maximum Gasteiger partial charge on any atom is 0.342 e. The van der Waals surface area contributed by atoms with Gasteiger partial charge in [-0.15, -0.1) is 5.06 Å². The van der Waals surface area contributed by atoms with Gasteiger partial charge in [-0.05, 0) is 124 Å². The van der Waals surface area contributed by atoms with E-state index in [2.05, 4.69) is 103 Å². The number of nitrogens with zero attached hydrogens (tertiary/aromatic N) is 4. The molecule has 1 spiro atoms. The van der Waals surface area contributed by atoms with Crippen LogP contribution in [-0.4, -0.2) is 138 Å². The SMILES string of the molecule is CC[C@]1(O)CC2CN(CCc3c([nH]c4ccccc34)[C@@](C)(c3cc4c(cc3C)N(C)[C@H]3[C@@](O)(C(=O)OC)[C@H](O[Si]5(CCCCC(=O)ON6C(=O)CCC6=O)CCCCC5)[C@]5(CC)C=CCN6CC[C@]43[C@@H]65)C2)C1. The van der Waals surface area contributed by atoms with Crippen molar-refractivity contribution in [3.05, 3.63) is 76.5 Å². The van der Waals surface area contributed by atoms with E-state index in [0.29, 0.717) is 37.3 Å². The fourth-order valence-corrected chi connectivity index (χ4v) is 21.4. The molecule has 2 bridgehead atoms. The van der Waals surface area contributed by atoms with Crippen LogP contribution in [0.2, 0.25) is 18.1 Å². The quantitative estimate of drug-likeness (QED) is 0.0539. The minimum Gasteiger partial charge on any atom is -0.467 e. The summed E-state index contributed by atoms with van der Waals surface area (Å²) < 4.78 is 13.8. The van der Waals surface area contributed by atoms with E-state index in [4.69, 9.17) is 14.0 Å². The van der Waals surface area contributed by atoms with Crippen LogP contribution in [0.15, 0.2) is 48.6 Å². The minimum atomic E-state index is -2.73. The number of piperidine rings is 1. The summed E-state index contributed by atoms with van der Waals surface area (Å²) in [5, 5.41) is 28.1. The normalized spacial score (nSPS) is 35.8. The molecule has 1 aromatic heterocycles. The van der Waals surface area contributed by atoms with Gasteiger partial charge in [0.1, 0.15) is 0 Å². The molecule has 4 saturated heterocycles. The number of aliphatic hydroxyl groups is 2. The first-order valence-electron chi connectivity index (χ1n) is 27.4. The number of benzene rings is 2. The lowest BCUT2D eigenvalue weighted by Gasteiger charge is -2.65. The molecule has 15 heteroatoms. The molecule has 1 saturated carbocycles. The second kappa shape index (κ2) is 18.2. The van der Waals surface area contributed by atoms with Gasteiger partial charge in [-0.3, -0.25) is 19.4 Å². The summed E-state index contributed by atoms with van der Waals surface area (Å²) in [4.78, 5) is 69.1. The first kappa shape index (κ1) is 49.8. The molecule has 0 radical (unpaired) electrons. The second-order valence-corrected chi connectivity index (χ2v) is 27.9. The Labute approximate surface area is 425 Å². The fraction of sp³-hybridized carbons (Fsp3) is 0.649. The molecule has 1 aliphatic carbocycles. The third kappa shape index (κ3) is 7.46. The van der Waals surface area contributed by atoms with Crippen LogP contribution < -0.4 is 4.90 Å². The predicted octanol–water partition coefficient (Wildman–Crippen LogP) is 7.50. The van der Waals surface area contributed by atoms with Crippen molar-refractivity contribution >= 4 is 48.7 Å². The summed E-state index contributed by atoms with van der Waals surface area (Å²) in [7, 11) is 0.738. The number of para-hydroxylation sites is 1. The van der Waals surface area contributed by atoms with Crippen LogP contribution in [0.3, 0.4) is 0 Å². The van der Waals surface area contributed by atoms with Crippen LogP contribution in [0, 0.1) is 18.3 Å². The number of likely N-dealkylation sites (N-methyl/N-ethyl adjacent to an activating group) is 1. The van der Waals surface area contributed by atoms with Gasteiger partial charge in [-0.1, -0.05) is 75.9 Å². The number of methoxy groups -OCH3 is 1. The number of carbonyl (C=O) groups is 4. The molecule has 2 unspecified atom stereocenters.